The summed E-state index contributed by atoms with van der Waals surface area (Å²) in [4.78, 5) is 7.13. The second kappa shape index (κ2) is 6.30. The van der Waals surface area contributed by atoms with Crippen LogP contribution in [0.1, 0.15) is 31.5 Å². The van der Waals surface area contributed by atoms with E-state index in [-0.39, 0.29) is 0 Å². The van der Waals surface area contributed by atoms with Gasteiger partial charge in [-0.05, 0) is 24.5 Å². The maximum atomic E-state index is 4.53. The summed E-state index contributed by atoms with van der Waals surface area (Å²) in [6.45, 7) is 11.1. The van der Waals surface area contributed by atoms with Crippen molar-refractivity contribution in [3.63, 3.8) is 0 Å². The normalized spacial score (nSPS) is 22.9. The minimum atomic E-state index is 0.644. The lowest BCUT2D eigenvalue weighted by Gasteiger charge is -2.39. The van der Waals surface area contributed by atoms with Crippen LogP contribution in [0.25, 0.3) is 0 Å². The van der Waals surface area contributed by atoms with Gasteiger partial charge >= 0.3 is 0 Å². The van der Waals surface area contributed by atoms with E-state index in [2.05, 4.69) is 42.0 Å². The molecule has 2 rings (SSSR count). The lowest BCUT2D eigenvalue weighted by atomic mass is 9.95. The average Bonchev–Trinajstić information content (AvgIpc) is 2.41. The van der Waals surface area contributed by atoms with Crippen molar-refractivity contribution in [3.05, 3.63) is 29.6 Å². The minimum absolute atomic E-state index is 0.644. The monoisotopic (exact) mass is 247 g/mol. The third-order valence-electron chi connectivity index (χ3n) is 4.17. The number of rotatable bonds is 4. The molecule has 0 bridgehead atoms. The first-order chi connectivity index (χ1) is 8.72. The number of nitrogens with one attached hydrogen (secondary N) is 1. The van der Waals surface area contributed by atoms with Crippen molar-refractivity contribution >= 4 is 0 Å². The molecule has 18 heavy (non-hydrogen) atoms. The topological polar surface area (TPSA) is 28.2 Å². The van der Waals surface area contributed by atoms with Crippen molar-refractivity contribution in [2.75, 3.05) is 19.6 Å². The summed E-state index contributed by atoms with van der Waals surface area (Å²) in [7, 11) is 0. The van der Waals surface area contributed by atoms with E-state index in [0.29, 0.717) is 6.04 Å². The third kappa shape index (κ3) is 3.09. The summed E-state index contributed by atoms with van der Waals surface area (Å²) in [6, 6.07) is 4.82. The second-order valence-electron chi connectivity index (χ2n) is 5.39. The highest BCUT2D eigenvalue weighted by atomic mass is 15.2. The summed E-state index contributed by atoms with van der Waals surface area (Å²) in [5.41, 5.74) is 2.53. The molecule has 0 saturated carbocycles. The largest absolute Gasteiger partial charge is 0.314 e. The first kappa shape index (κ1) is 13.5. The molecule has 2 atom stereocenters. The Bertz CT molecular complexity index is 378. The Morgan fingerprint density at radius 1 is 1.56 bits per heavy atom. The van der Waals surface area contributed by atoms with Gasteiger partial charge in [-0.1, -0.05) is 26.3 Å². The molecule has 1 aliphatic rings. The van der Waals surface area contributed by atoms with Crippen LogP contribution in [0.15, 0.2) is 18.3 Å². The highest BCUT2D eigenvalue weighted by Gasteiger charge is 2.26. The SMILES string of the molecule is CCC(C)C1CNCCN1Cc1ncccc1C. The molecule has 3 nitrogen and oxygen atoms in total. The van der Waals surface area contributed by atoms with Crippen LogP contribution in [0.2, 0.25) is 0 Å². The summed E-state index contributed by atoms with van der Waals surface area (Å²) in [5, 5.41) is 3.52. The number of piperazine rings is 1. The van der Waals surface area contributed by atoms with Crippen LogP contribution in [0.5, 0.6) is 0 Å². The fourth-order valence-electron chi connectivity index (χ4n) is 2.67. The van der Waals surface area contributed by atoms with Crippen molar-refractivity contribution in [2.24, 2.45) is 5.92 Å². The summed E-state index contributed by atoms with van der Waals surface area (Å²) < 4.78 is 0. The Balaban J connectivity index is 2.08. The molecule has 0 spiro atoms. The molecule has 1 N–H and O–H groups in total. The lowest BCUT2D eigenvalue weighted by molar-refractivity contribution is 0.107. The van der Waals surface area contributed by atoms with Crippen LogP contribution in [0.3, 0.4) is 0 Å². The zero-order chi connectivity index (χ0) is 13.0. The Hall–Kier alpha value is -0.930. The highest BCUT2D eigenvalue weighted by Crippen LogP contribution is 2.19. The second-order valence-corrected chi connectivity index (χ2v) is 5.39. The van der Waals surface area contributed by atoms with Crippen LogP contribution in [0, 0.1) is 12.8 Å². The predicted molar refractivity (Wildman–Crippen MR) is 75.5 cm³/mol. The number of aromatic nitrogens is 1. The van der Waals surface area contributed by atoms with Gasteiger partial charge in [0.2, 0.25) is 0 Å². The molecule has 0 radical (unpaired) electrons. The third-order valence-corrected chi connectivity index (χ3v) is 4.17. The molecule has 0 amide bonds. The number of hydrogen-bond acceptors (Lipinski definition) is 3. The Labute approximate surface area is 111 Å². The van der Waals surface area contributed by atoms with Crippen molar-refractivity contribution < 1.29 is 0 Å². The molecule has 0 aromatic carbocycles. The molecular formula is C15H25N3. The smallest absolute Gasteiger partial charge is 0.0573 e. The maximum Gasteiger partial charge on any atom is 0.0573 e. The van der Waals surface area contributed by atoms with Crippen molar-refractivity contribution in [1.82, 2.24) is 15.2 Å². The molecule has 2 unspecified atom stereocenters. The highest BCUT2D eigenvalue weighted by molar-refractivity contribution is 5.17. The van der Waals surface area contributed by atoms with Crippen LogP contribution in [-0.2, 0) is 6.54 Å². The molecule has 1 aromatic rings. The molecule has 2 heterocycles. The van der Waals surface area contributed by atoms with Gasteiger partial charge < -0.3 is 5.32 Å². The van der Waals surface area contributed by atoms with Crippen LogP contribution in [-0.4, -0.2) is 35.6 Å². The van der Waals surface area contributed by atoms with Crippen LogP contribution < -0.4 is 5.32 Å². The van der Waals surface area contributed by atoms with E-state index >= 15 is 0 Å². The number of aryl methyl sites for hydroxylation is 1. The fourth-order valence-corrected chi connectivity index (χ4v) is 2.67. The first-order valence-electron chi connectivity index (χ1n) is 7.07. The van der Waals surface area contributed by atoms with Crippen molar-refractivity contribution in [3.8, 4) is 0 Å². The Morgan fingerprint density at radius 2 is 2.39 bits per heavy atom. The molecule has 1 fully saturated rings. The summed E-state index contributed by atoms with van der Waals surface area (Å²) in [6.07, 6.45) is 3.15. The van der Waals surface area contributed by atoms with Gasteiger partial charge in [0.25, 0.3) is 0 Å². The van der Waals surface area contributed by atoms with Crippen molar-refractivity contribution in [2.45, 2.75) is 39.8 Å². The Morgan fingerprint density at radius 3 is 3.11 bits per heavy atom. The quantitative estimate of drug-likeness (QED) is 0.884. The lowest BCUT2D eigenvalue weighted by Crippen LogP contribution is -2.53. The van der Waals surface area contributed by atoms with Gasteiger partial charge in [0.1, 0.15) is 0 Å². The number of nitrogens with zero attached hydrogens (tertiary/aromatic N) is 2. The number of pyridine rings is 1. The van der Waals surface area contributed by atoms with E-state index < -0.39 is 0 Å². The standard InChI is InChI=1S/C15H25N3/c1-4-12(2)15-10-16-8-9-18(15)11-14-13(3)6-5-7-17-14/h5-7,12,15-16H,4,8-11H2,1-3H3. The Kier molecular flexibility index (Phi) is 4.72. The molecule has 100 valence electrons. The number of hydrogen-bond donors (Lipinski definition) is 1. The minimum Gasteiger partial charge on any atom is -0.314 e. The molecular weight excluding hydrogens is 222 g/mol. The van der Waals surface area contributed by atoms with E-state index in [1.807, 2.05) is 12.3 Å². The van der Waals surface area contributed by atoms with Gasteiger partial charge in [-0.15, -0.1) is 0 Å². The summed E-state index contributed by atoms with van der Waals surface area (Å²) in [5.74, 6) is 0.738. The van der Waals surface area contributed by atoms with Crippen molar-refractivity contribution in [1.29, 1.82) is 0 Å². The van der Waals surface area contributed by atoms with Gasteiger partial charge in [-0.25, -0.2) is 0 Å². The van der Waals surface area contributed by atoms with E-state index in [4.69, 9.17) is 0 Å². The van der Waals surface area contributed by atoms with E-state index in [1.165, 1.54) is 17.7 Å². The van der Waals surface area contributed by atoms with Crippen LogP contribution in [0.4, 0.5) is 0 Å². The average molecular weight is 247 g/mol. The van der Waals surface area contributed by atoms with Gasteiger partial charge in [0, 0.05) is 38.4 Å². The molecule has 1 aliphatic heterocycles. The molecule has 1 aromatic heterocycles. The first-order valence-corrected chi connectivity index (χ1v) is 7.07. The zero-order valence-electron chi connectivity index (χ0n) is 11.8. The predicted octanol–water partition coefficient (Wildman–Crippen LogP) is 2.21. The molecule has 1 saturated heterocycles. The molecule has 0 aliphatic carbocycles. The van der Waals surface area contributed by atoms with Gasteiger partial charge in [-0.2, -0.15) is 0 Å². The fraction of sp³-hybridized carbons (Fsp3) is 0.667. The van der Waals surface area contributed by atoms with Gasteiger partial charge in [-0.3, -0.25) is 9.88 Å². The van der Waals surface area contributed by atoms with Gasteiger partial charge in [0.15, 0.2) is 0 Å². The maximum absolute atomic E-state index is 4.53. The van der Waals surface area contributed by atoms with Crippen LogP contribution >= 0.6 is 0 Å². The van der Waals surface area contributed by atoms with E-state index in [1.54, 1.807) is 0 Å². The van der Waals surface area contributed by atoms with Gasteiger partial charge in [0.05, 0.1) is 5.69 Å². The summed E-state index contributed by atoms with van der Waals surface area (Å²) >= 11 is 0. The zero-order valence-corrected chi connectivity index (χ0v) is 11.8. The molecule has 3 heteroatoms. The van der Waals surface area contributed by atoms with E-state index in [9.17, 15) is 0 Å². The van der Waals surface area contributed by atoms with E-state index in [0.717, 1.165) is 32.1 Å².